The van der Waals surface area contributed by atoms with Gasteiger partial charge < -0.3 is 4.74 Å². The molecule has 0 amide bonds. The summed E-state index contributed by atoms with van der Waals surface area (Å²) >= 11 is 3.45. The van der Waals surface area contributed by atoms with Gasteiger partial charge in [-0.1, -0.05) is 26.8 Å². The molecule has 1 nitrogen and oxygen atoms in total. The highest BCUT2D eigenvalue weighted by atomic mass is 79.9. The van der Waals surface area contributed by atoms with Crippen molar-refractivity contribution in [1.29, 1.82) is 0 Å². The van der Waals surface area contributed by atoms with E-state index in [0.29, 0.717) is 5.41 Å². The minimum absolute atomic E-state index is 0.318. The van der Waals surface area contributed by atoms with E-state index in [0.717, 1.165) is 16.6 Å². The van der Waals surface area contributed by atoms with Crippen LogP contribution in [0.4, 0.5) is 0 Å². The summed E-state index contributed by atoms with van der Waals surface area (Å²) in [5.41, 5.74) is 1.64. The molecule has 0 bridgehead atoms. The number of benzene rings is 1. The Morgan fingerprint density at radius 1 is 1.29 bits per heavy atom. The third kappa shape index (κ3) is 3.33. The molecule has 1 aromatic carbocycles. The zero-order valence-electron chi connectivity index (χ0n) is 9.23. The first-order chi connectivity index (χ1) is 6.42. The second kappa shape index (κ2) is 4.35. The standard InChI is InChI=1S/C12H17BrO/c1-12(2,3)8-9-5-6-10(13)11(7-9)14-4/h5-7H,8H2,1-4H3. The summed E-state index contributed by atoms with van der Waals surface area (Å²) in [4.78, 5) is 0. The van der Waals surface area contributed by atoms with Gasteiger partial charge in [0, 0.05) is 0 Å². The third-order valence-corrected chi connectivity index (χ3v) is 2.61. The second-order valence-electron chi connectivity index (χ2n) is 4.71. The van der Waals surface area contributed by atoms with Gasteiger partial charge in [0.1, 0.15) is 5.75 Å². The Hall–Kier alpha value is -0.500. The molecule has 0 saturated heterocycles. The Morgan fingerprint density at radius 2 is 1.93 bits per heavy atom. The summed E-state index contributed by atoms with van der Waals surface area (Å²) in [6.07, 6.45) is 1.07. The van der Waals surface area contributed by atoms with Gasteiger partial charge in [0.05, 0.1) is 11.6 Å². The van der Waals surface area contributed by atoms with Crippen LogP contribution < -0.4 is 4.74 Å². The van der Waals surface area contributed by atoms with Crippen molar-refractivity contribution in [2.45, 2.75) is 27.2 Å². The molecule has 0 aliphatic heterocycles. The fraction of sp³-hybridized carbons (Fsp3) is 0.500. The highest BCUT2D eigenvalue weighted by Crippen LogP contribution is 2.28. The number of methoxy groups -OCH3 is 1. The van der Waals surface area contributed by atoms with E-state index < -0.39 is 0 Å². The van der Waals surface area contributed by atoms with Gasteiger partial charge in [-0.2, -0.15) is 0 Å². The molecule has 0 heterocycles. The molecule has 0 fully saturated rings. The first kappa shape index (κ1) is 11.6. The minimum Gasteiger partial charge on any atom is -0.496 e. The SMILES string of the molecule is COc1cc(CC(C)(C)C)ccc1Br. The number of ether oxygens (including phenoxy) is 1. The lowest BCUT2D eigenvalue weighted by Crippen LogP contribution is -2.09. The van der Waals surface area contributed by atoms with Gasteiger partial charge in [-0.25, -0.2) is 0 Å². The molecule has 0 radical (unpaired) electrons. The fourth-order valence-electron chi connectivity index (χ4n) is 1.43. The van der Waals surface area contributed by atoms with E-state index in [1.807, 2.05) is 6.07 Å². The zero-order valence-corrected chi connectivity index (χ0v) is 10.8. The molecular formula is C12H17BrO. The highest BCUT2D eigenvalue weighted by molar-refractivity contribution is 9.10. The molecule has 0 saturated carbocycles. The fourth-order valence-corrected chi connectivity index (χ4v) is 1.84. The van der Waals surface area contributed by atoms with Crippen LogP contribution in [0.1, 0.15) is 26.3 Å². The molecule has 0 N–H and O–H groups in total. The lowest BCUT2D eigenvalue weighted by Gasteiger charge is -2.18. The summed E-state index contributed by atoms with van der Waals surface area (Å²) in [5, 5.41) is 0. The summed E-state index contributed by atoms with van der Waals surface area (Å²) < 4.78 is 6.26. The zero-order chi connectivity index (χ0) is 10.8. The van der Waals surface area contributed by atoms with Crippen molar-refractivity contribution < 1.29 is 4.74 Å². The van der Waals surface area contributed by atoms with Gasteiger partial charge in [0.25, 0.3) is 0 Å². The lowest BCUT2D eigenvalue weighted by molar-refractivity contribution is 0.400. The maximum absolute atomic E-state index is 5.25. The van der Waals surface area contributed by atoms with Crippen LogP contribution in [-0.2, 0) is 6.42 Å². The van der Waals surface area contributed by atoms with Crippen LogP contribution in [0.15, 0.2) is 22.7 Å². The summed E-state index contributed by atoms with van der Waals surface area (Å²) in [6.45, 7) is 6.71. The first-order valence-electron chi connectivity index (χ1n) is 4.75. The van der Waals surface area contributed by atoms with Crippen LogP contribution >= 0.6 is 15.9 Å². The molecule has 0 spiro atoms. The minimum atomic E-state index is 0.318. The Labute approximate surface area is 94.6 Å². The maximum atomic E-state index is 5.25. The maximum Gasteiger partial charge on any atom is 0.133 e. The van der Waals surface area contributed by atoms with Crippen LogP contribution in [0.25, 0.3) is 0 Å². The predicted molar refractivity (Wildman–Crippen MR) is 63.9 cm³/mol. The Kier molecular flexibility index (Phi) is 3.59. The van der Waals surface area contributed by atoms with E-state index in [9.17, 15) is 0 Å². The van der Waals surface area contributed by atoms with E-state index in [-0.39, 0.29) is 0 Å². The van der Waals surface area contributed by atoms with E-state index in [1.54, 1.807) is 7.11 Å². The largest absolute Gasteiger partial charge is 0.496 e. The van der Waals surface area contributed by atoms with Crippen molar-refractivity contribution in [3.8, 4) is 5.75 Å². The van der Waals surface area contributed by atoms with Crippen molar-refractivity contribution >= 4 is 15.9 Å². The van der Waals surface area contributed by atoms with Crippen LogP contribution in [0.5, 0.6) is 5.75 Å². The van der Waals surface area contributed by atoms with Crippen molar-refractivity contribution in [2.24, 2.45) is 5.41 Å². The smallest absolute Gasteiger partial charge is 0.133 e. The van der Waals surface area contributed by atoms with Crippen LogP contribution in [-0.4, -0.2) is 7.11 Å². The molecule has 78 valence electrons. The lowest BCUT2D eigenvalue weighted by atomic mass is 9.88. The van der Waals surface area contributed by atoms with Crippen LogP contribution in [0, 0.1) is 5.41 Å². The van der Waals surface area contributed by atoms with Crippen LogP contribution in [0.3, 0.4) is 0 Å². The number of hydrogen-bond acceptors (Lipinski definition) is 1. The van der Waals surface area contributed by atoms with Gasteiger partial charge in [-0.05, 0) is 45.5 Å². The molecule has 0 aliphatic rings. The second-order valence-corrected chi connectivity index (χ2v) is 5.56. The van der Waals surface area contributed by atoms with E-state index >= 15 is 0 Å². The number of rotatable bonds is 2. The topological polar surface area (TPSA) is 9.23 Å². The molecular weight excluding hydrogens is 240 g/mol. The molecule has 1 aromatic rings. The average molecular weight is 257 g/mol. The molecule has 1 rings (SSSR count). The first-order valence-corrected chi connectivity index (χ1v) is 5.54. The predicted octanol–water partition coefficient (Wildman–Crippen LogP) is 4.05. The molecule has 0 aromatic heterocycles. The Balaban J connectivity index is 2.90. The Bertz CT molecular complexity index is 313. The third-order valence-electron chi connectivity index (χ3n) is 1.95. The summed E-state index contributed by atoms with van der Waals surface area (Å²) in [6, 6.07) is 6.27. The average Bonchev–Trinajstić information content (AvgIpc) is 2.06. The quantitative estimate of drug-likeness (QED) is 0.776. The molecule has 2 heteroatoms. The van der Waals surface area contributed by atoms with Crippen molar-refractivity contribution in [2.75, 3.05) is 7.11 Å². The van der Waals surface area contributed by atoms with E-state index in [2.05, 4.69) is 48.8 Å². The normalized spacial score (nSPS) is 11.5. The van der Waals surface area contributed by atoms with Gasteiger partial charge in [0.2, 0.25) is 0 Å². The van der Waals surface area contributed by atoms with Crippen molar-refractivity contribution in [3.63, 3.8) is 0 Å². The summed E-state index contributed by atoms with van der Waals surface area (Å²) in [5.74, 6) is 0.909. The van der Waals surface area contributed by atoms with E-state index in [1.165, 1.54) is 5.56 Å². The van der Waals surface area contributed by atoms with Crippen LogP contribution in [0.2, 0.25) is 0 Å². The van der Waals surface area contributed by atoms with Crippen molar-refractivity contribution in [1.82, 2.24) is 0 Å². The molecule has 14 heavy (non-hydrogen) atoms. The Morgan fingerprint density at radius 3 is 2.43 bits per heavy atom. The molecule has 0 atom stereocenters. The molecule has 0 unspecified atom stereocenters. The van der Waals surface area contributed by atoms with Crippen molar-refractivity contribution in [3.05, 3.63) is 28.2 Å². The number of halogens is 1. The van der Waals surface area contributed by atoms with Gasteiger partial charge in [-0.15, -0.1) is 0 Å². The van der Waals surface area contributed by atoms with Gasteiger partial charge in [-0.3, -0.25) is 0 Å². The van der Waals surface area contributed by atoms with Gasteiger partial charge in [0.15, 0.2) is 0 Å². The van der Waals surface area contributed by atoms with E-state index in [4.69, 9.17) is 4.74 Å². The van der Waals surface area contributed by atoms with Gasteiger partial charge >= 0.3 is 0 Å². The molecule has 0 aliphatic carbocycles. The number of hydrogen-bond donors (Lipinski definition) is 0. The highest BCUT2D eigenvalue weighted by Gasteiger charge is 2.12. The monoisotopic (exact) mass is 256 g/mol. The summed E-state index contributed by atoms with van der Waals surface area (Å²) in [7, 11) is 1.70.